The molecule has 3 aliphatic rings. The van der Waals surface area contributed by atoms with Crippen molar-refractivity contribution in [3.8, 4) is 0 Å². The van der Waals surface area contributed by atoms with E-state index < -0.39 is 31.1 Å². The van der Waals surface area contributed by atoms with E-state index in [9.17, 15) is 14.4 Å². The summed E-state index contributed by atoms with van der Waals surface area (Å²) in [6.07, 6.45) is 5.89. The van der Waals surface area contributed by atoms with Gasteiger partial charge in [-0.05, 0) is 56.8 Å². The molecule has 0 saturated heterocycles. The Morgan fingerprint density at radius 3 is 2.42 bits per heavy atom. The van der Waals surface area contributed by atoms with Gasteiger partial charge in [-0.1, -0.05) is 6.58 Å². The summed E-state index contributed by atoms with van der Waals surface area (Å²) in [7, 11) is 0. The molecule has 0 spiro atoms. The summed E-state index contributed by atoms with van der Waals surface area (Å²) < 4.78 is 15.0. The summed E-state index contributed by atoms with van der Waals surface area (Å²) in [4.78, 5) is 34.5. The smallest absolute Gasteiger partial charge is 0.344 e. The molecule has 6 heteroatoms. The second-order valence-corrected chi connectivity index (χ2v) is 7.20. The highest BCUT2D eigenvalue weighted by Crippen LogP contribution is 2.59. The van der Waals surface area contributed by atoms with Gasteiger partial charge >= 0.3 is 17.9 Å². The number of fused-ring (bicyclic) bond motifs is 5. The molecule has 0 aromatic heterocycles. The molecule has 2 bridgehead atoms. The highest BCUT2D eigenvalue weighted by atomic mass is 16.6. The minimum atomic E-state index is -0.772. The van der Waals surface area contributed by atoms with E-state index in [4.69, 9.17) is 9.47 Å². The lowest BCUT2D eigenvalue weighted by Gasteiger charge is -2.28. The summed E-state index contributed by atoms with van der Waals surface area (Å²) in [6.45, 7) is 3.92. The number of ether oxygens (including phenoxy) is 3. The van der Waals surface area contributed by atoms with Gasteiger partial charge in [0, 0.05) is 11.5 Å². The van der Waals surface area contributed by atoms with Crippen molar-refractivity contribution in [3.05, 3.63) is 12.2 Å². The van der Waals surface area contributed by atoms with Crippen molar-refractivity contribution in [2.75, 3.05) is 13.2 Å². The first-order chi connectivity index (χ1) is 11.5. The molecule has 24 heavy (non-hydrogen) atoms. The minimum Gasteiger partial charge on any atom is -0.460 e. The fraction of sp³-hybridized carbons (Fsp3) is 0.722. The molecule has 0 aliphatic heterocycles. The zero-order chi connectivity index (χ0) is 17.3. The Morgan fingerprint density at radius 1 is 0.958 bits per heavy atom. The Bertz CT molecular complexity index is 554. The lowest BCUT2D eigenvalue weighted by molar-refractivity contribution is -0.167. The predicted molar refractivity (Wildman–Crippen MR) is 83.7 cm³/mol. The number of esters is 3. The fourth-order valence-corrected chi connectivity index (χ4v) is 4.78. The van der Waals surface area contributed by atoms with Crippen molar-refractivity contribution in [1.82, 2.24) is 0 Å². The van der Waals surface area contributed by atoms with Crippen LogP contribution in [0.1, 0.15) is 39.0 Å². The Hall–Kier alpha value is -1.85. The number of carbonyl (C=O) groups is 3. The second-order valence-electron chi connectivity index (χ2n) is 7.20. The van der Waals surface area contributed by atoms with E-state index in [0.717, 1.165) is 18.8 Å². The van der Waals surface area contributed by atoms with Crippen molar-refractivity contribution >= 4 is 17.9 Å². The second kappa shape index (κ2) is 6.95. The first-order valence-electron chi connectivity index (χ1n) is 8.63. The molecule has 0 aromatic carbocycles. The van der Waals surface area contributed by atoms with Crippen LogP contribution in [0.15, 0.2) is 12.2 Å². The molecule has 3 saturated carbocycles. The van der Waals surface area contributed by atoms with Gasteiger partial charge in [0.2, 0.25) is 0 Å². The van der Waals surface area contributed by atoms with E-state index in [2.05, 4.69) is 11.3 Å². The van der Waals surface area contributed by atoms with Crippen molar-refractivity contribution in [1.29, 1.82) is 0 Å². The zero-order valence-electron chi connectivity index (χ0n) is 14.0. The largest absolute Gasteiger partial charge is 0.460 e. The summed E-state index contributed by atoms with van der Waals surface area (Å²) >= 11 is 0. The van der Waals surface area contributed by atoms with Gasteiger partial charge in [-0.25, -0.2) is 14.4 Å². The first-order valence-corrected chi connectivity index (χ1v) is 8.63. The number of hydrogen-bond donors (Lipinski definition) is 0. The van der Waals surface area contributed by atoms with Gasteiger partial charge in [-0.2, -0.15) is 0 Å². The molecule has 3 aliphatic carbocycles. The highest BCUT2D eigenvalue weighted by Gasteiger charge is 2.54. The van der Waals surface area contributed by atoms with Gasteiger partial charge in [-0.15, -0.1) is 0 Å². The molecule has 3 rings (SSSR count). The molecule has 3 fully saturated rings. The minimum absolute atomic E-state index is 0.0299. The highest BCUT2D eigenvalue weighted by molar-refractivity contribution is 5.88. The van der Waals surface area contributed by atoms with Gasteiger partial charge in [0.1, 0.15) is 6.10 Å². The Balaban J connectivity index is 1.38. The monoisotopic (exact) mass is 336 g/mol. The molecule has 0 aromatic rings. The Labute approximate surface area is 141 Å². The van der Waals surface area contributed by atoms with E-state index >= 15 is 0 Å². The quantitative estimate of drug-likeness (QED) is 0.419. The third kappa shape index (κ3) is 3.47. The normalized spacial score (nSPS) is 33.0. The molecule has 0 N–H and O–H groups in total. The van der Waals surface area contributed by atoms with Crippen LogP contribution < -0.4 is 0 Å². The maximum Gasteiger partial charge on any atom is 0.344 e. The van der Waals surface area contributed by atoms with Crippen molar-refractivity contribution in [2.45, 2.75) is 45.1 Å². The van der Waals surface area contributed by atoms with Crippen molar-refractivity contribution in [2.24, 2.45) is 23.7 Å². The van der Waals surface area contributed by atoms with E-state index in [1.54, 1.807) is 0 Å². The summed E-state index contributed by atoms with van der Waals surface area (Å²) in [5.41, 5.74) is 0.198. The third-order valence-corrected chi connectivity index (χ3v) is 5.68. The van der Waals surface area contributed by atoms with Crippen LogP contribution in [0.4, 0.5) is 0 Å². The summed E-state index contributed by atoms with van der Waals surface area (Å²) in [6, 6.07) is 0. The van der Waals surface area contributed by atoms with E-state index in [1.165, 1.54) is 26.2 Å². The maximum absolute atomic E-state index is 11.9. The lowest BCUT2D eigenvalue weighted by Crippen LogP contribution is -2.31. The topological polar surface area (TPSA) is 78.9 Å². The number of hydrogen-bond acceptors (Lipinski definition) is 6. The van der Waals surface area contributed by atoms with Crippen LogP contribution in [0.2, 0.25) is 0 Å². The molecular weight excluding hydrogens is 312 g/mol. The van der Waals surface area contributed by atoms with Crippen molar-refractivity contribution < 1.29 is 28.6 Å². The number of carbonyl (C=O) groups excluding carboxylic acids is 3. The molecule has 0 radical (unpaired) electrons. The van der Waals surface area contributed by atoms with Crippen LogP contribution in [0, 0.1) is 23.7 Å². The van der Waals surface area contributed by atoms with Gasteiger partial charge in [0.25, 0.3) is 0 Å². The average Bonchev–Trinajstić information content (AvgIpc) is 3.24. The Kier molecular flexibility index (Phi) is 4.92. The SMILES string of the molecule is C=C(C)C(=O)OCC(=O)OCC(=O)OC1CCC2C3CCC(C3)C12. The summed E-state index contributed by atoms with van der Waals surface area (Å²) in [5, 5.41) is 0. The van der Waals surface area contributed by atoms with Gasteiger partial charge in [0.05, 0.1) is 0 Å². The van der Waals surface area contributed by atoms with Crippen molar-refractivity contribution in [3.63, 3.8) is 0 Å². The molecule has 5 atom stereocenters. The average molecular weight is 336 g/mol. The molecular formula is C18H24O6. The number of rotatable bonds is 6. The van der Waals surface area contributed by atoms with Crippen LogP contribution in [-0.2, 0) is 28.6 Å². The van der Waals surface area contributed by atoms with E-state index in [1.807, 2.05) is 0 Å². The van der Waals surface area contributed by atoms with Crippen LogP contribution >= 0.6 is 0 Å². The van der Waals surface area contributed by atoms with Crippen LogP contribution in [-0.4, -0.2) is 37.2 Å². The van der Waals surface area contributed by atoms with E-state index in [0.29, 0.717) is 17.8 Å². The maximum atomic E-state index is 11.9. The fourth-order valence-electron chi connectivity index (χ4n) is 4.78. The zero-order valence-corrected chi connectivity index (χ0v) is 14.0. The molecule has 0 amide bonds. The van der Waals surface area contributed by atoms with E-state index in [-0.39, 0.29) is 11.7 Å². The molecule has 5 unspecified atom stereocenters. The summed E-state index contributed by atoms with van der Waals surface area (Å²) in [5.74, 6) is 0.774. The van der Waals surface area contributed by atoms with Crippen LogP contribution in [0.5, 0.6) is 0 Å². The van der Waals surface area contributed by atoms with Gasteiger partial charge < -0.3 is 14.2 Å². The van der Waals surface area contributed by atoms with Gasteiger partial charge in [-0.3, -0.25) is 0 Å². The third-order valence-electron chi connectivity index (χ3n) is 5.68. The lowest BCUT2D eigenvalue weighted by atomic mass is 9.81. The molecule has 6 nitrogen and oxygen atoms in total. The molecule has 132 valence electrons. The Morgan fingerprint density at radius 2 is 1.67 bits per heavy atom. The van der Waals surface area contributed by atoms with Gasteiger partial charge in [0.15, 0.2) is 13.2 Å². The predicted octanol–water partition coefficient (Wildman–Crippen LogP) is 2.02. The van der Waals surface area contributed by atoms with Crippen LogP contribution in [0.3, 0.4) is 0 Å². The van der Waals surface area contributed by atoms with Crippen LogP contribution in [0.25, 0.3) is 0 Å². The standard InChI is InChI=1S/C18H24O6/c1-10(2)18(21)23-8-15(19)22-9-16(20)24-14-6-5-13-11-3-4-12(7-11)17(13)14/h11-14,17H,1,3-9H2,2H3. The molecule has 0 heterocycles. The first kappa shape index (κ1) is 17.0.